The molecule has 0 aromatic heterocycles. The highest BCUT2D eigenvalue weighted by Gasteiger charge is 2.39. The fourth-order valence-corrected chi connectivity index (χ4v) is 3.83. The van der Waals surface area contributed by atoms with Crippen molar-refractivity contribution in [1.82, 2.24) is 0 Å². The van der Waals surface area contributed by atoms with E-state index in [1.54, 1.807) is 7.11 Å². The lowest BCUT2D eigenvalue weighted by Gasteiger charge is -2.39. The molecule has 0 radical (unpaired) electrons. The van der Waals surface area contributed by atoms with Crippen LogP contribution in [0.5, 0.6) is 0 Å². The van der Waals surface area contributed by atoms with Crippen LogP contribution < -0.4 is 5.32 Å². The summed E-state index contributed by atoms with van der Waals surface area (Å²) in [6.07, 6.45) is 3.04. The Morgan fingerprint density at radius 2 is 2.10 bits per heavy atom. The molecule has 116 valence electrons. The average Bonchev–Trinajstić information content (AvgIpc) is 2.32. The van der Waals surface area contributed by atoms with E-state index in [1.165, 1.54) is 18.2 Å². The summed E-state index contributed by atoms with van der Waals surface area (Å²) in [4.78, 5) is 11.8. The molecule has 8 heteroatoms. The number of rotatable bonds is 5. The molecule has 1 saturated carbocycles. The van der Waals surface area contributed by atoms with Crippen molar-refractivity contribution in [3.05, 3.63) is 23.2 Å². The van der Waals surface area contributed by atoms with Gasteiger partial charge in [-0.25, -0.2) is 8.42 Å². The number of halogens is 2. The molecule has 0 spiro atoms. The van der Waals surface area contributed by atoms with Gasteiger partial charge in [-0.3, -0.25) is 4.79 Å². The minimum absolute atomic E-state index is 0.0344. The maximum absolute atomic E-state index is 12.0. The lowest BCUT2D eigenvalue weighted by molar-refractivity contribution is -0.129. The molecule has 1 aromatic carbocycles. The summed E-state index contributed by atoms with van der Waals surface area (Å²) >= 11 is 5.86. The summed E-state index contributed by atoms with van der Waals surface area (Å²) in [7, 11) is 2.94. The Balaban J connectivity index is 2.07. The maximum Gasteiger partial charge on any atom is 0.262 e. The van der Waals surface area contributed by atoms with Gasteiger partial charge in [0.2, 0.25) is 5.91 Å². The highest BCUT2D eigenvalue weighted by molar-refractivity contribution is 8.13. The first-order valence-electron chi connectivity index (χ1n) is 6.35. The highest BCUT2D eigenvalue weighted by Crippen LogP contribution is 2.38. The largest absolute Gasteiger partial charge is 0.378 e. The van der Waals surface area contributed by atoms with Gasteiger partial charge in [-0.2, -0.15) is 0 Å². The molecule has 1 aliphatic rings. The molecular formula is C13H15Cl2NO4S. The van der Waals surface area contributed by atoms with E-state index in [0.29, 0.717) is 5.69 Å². The predicted molar refractivity (Wildman–Crippen MR) is 81.3 cm³/mol. The molecule has 1 N–H and O–H groups in total. The van der Waals surface area contributed by atoms with E-state index >= 15 is 0 Å². The summed E-state index contributed by atoms with van der Waals surface area (Å²) in [5.74, 6) is -0.200. The predicted octanol–water partition coefficient (Wildman–Crippen LogP) is 3.17. The van der Waals surface area contributed by atoms with Gasteiger partial charge in [0.25, 0.3) is 9.05 Å². The molecule has 0 aliphatic heterocycles. The van der Waals surface area contributed by atoms with Gasteiger partial charge in [0.1, 0.15) is 4.90 Å². The SMILES string of the molecule is COC1(CC(=O)Nc2ccc(S(=O)(=O)Cl)c(Cl)c2)CCC1. The number of amides is 1. The zero-order chi connectivity index (χ0) is 15.7. The van der Waals surface area contributed by atoms with Crippen LogP contribution >= 0.6 is 22.3 Å². The van der Waals surface area contributed by atoms with Crippen molar-refractivity contribution in [3.63, 3.8) is 0 Å². The number of methoxy groups -OCH3 is 1. The number of ether oxygens (including phenoxy) is 1. The number of hydrogen-bond acceptors (Lipinski definition) is 4. The zero-order valence-electron chi connectivity index (χ0n) is 11.4. The Kier molecular flexibility index (Phi) is 4.82. The molecule has 1 fully saturated rings. The van der Waals surface area contributed by atoms with Gasteiger partial charge in [-0.15, -0.1) is 0 Å². The summed E-state index contributed by atoms with van der Waals surface area (Å²) in [6, 6.07) is 4.06. The lowest BCUT2D eigenvalue weighted by Crippen LogP contribution is -2.42. The monoisotopic (exact) mass is 351 g/mol. The van der Waals surface area contributed by atoms with Gasteiger partial charge in [0.05, 0.1) is 17.0 Å². The molecule has 1 aliphatic carbocycles. The Bertz CT molecular complexity index is 651. The van der Waals surface area contributed by atoms with Crippen LogP contribution in [0.15, 0.2) is 23.1 Å². The molecule has 21 heavy (non-hydrogen) atoms. The highest BCUT2D eigenvalue weighted by atomic mass is 35.7. The fraction of sp³-hybridized carbons (Fsp3) is 0.462. The maximum atomic E-state index is 12.0. The second kappa shape index (κ2) is 6.12. The second-order valence-electron chi connectivity index (χ2n) is 5.05. The first-order chi connectivity index (χ1) is 9.76. The van der Waals surface area contributed by atoms with Crippen LogP contribution in [0.3, 0.4) is 0 Å². The topological polar surface area (TPSA) is 72.5 Å². The molecule has 5 nitrogen and oxygen atoms in total. The minimum Gasteiger partial charge on any atom is -0.378 e. The molecule has 2 rings (SSSR count). The van der Waals surface area contributed by atoms with Gasteiger partial charge < -0.3 is 10.1 Å². The molecule has 1 aromatic rings. The Morgan fingerprint density at radius 1 is 1.43 bits per heavy atom. The molecule has 1 amide bonds. The number of carbonyl (C=O) groups excluding carboxylic acids is 1. The number of anilines is 1. The first-order valence-corrected chi connectivity index (χ1v) is 9.04. The normalized spacial score (nSPS) is 17.1. The molecular weight excluding hydrogens is 337 g/mol. The van der Waals surface area contributed by atoms with E-state index in [4.69, 9.17) is 27.0 Å². The smallest absolute Gasteiger partial charge is 0.262 e. The van der Waals surface area contributed by atoms with Crippen molar-refractivity contribution in [2.45, 2.75) is 36.2 Å². The van der Waals surface area contributed by atoms with Gasteiger partial charge in [0.15, 0.2) is 0 Å². The zero-order valence-corrected chi connectivity index (χ0v) is 13.7. The van der Waals surface area contributed by atoms with E-state index in [0.717, 1.165) is 19.3 Å². The van der Waals surface area contributed by atoms with Crippen LogP contribution in [0.2, 0.25) is 5.02 Å². The van der Waals surface area contributed by atoms with Crippen molar-refractivity contribution >= 4 is 42.9 Å². The van der Waals surface area contributed by atoms with Crippen LogP contribution in [0.1, 0.15) is 25.7 Å². The number of benzene rings is 1. The number of hydrogen-bond donors (Lipinski definition) is 1. The molecule has 0 saturated heterocycles. The Hall–Kier alpha value is -0.820. The summed E-state index contributed by atoms with van der Waals surface area (Å²) in [5, 5.41) is 2.64. The quantitative estimate of drug-likeness (QED) is 0.827. The molecule has 0 atom stereocenters. The van der Waals surface area contributed by atoms with Crippen molar-refractivity contribution in [2.24, 2.45) is 0 Å². The summed E-state index contributed by atoms with van der Waals surface area (Å²) in [5.41, 5.74) is 0.0486. The third-order valence-electron chi connectivity index (χ3n) is 3.66. The van der Waals surface area contributed by atoms with Crippen LogP contribution in [0, 0.1) is 0 Å². The number of carbonyl (C=O) groups is 1. The van der Waals surface area contributed by atoms with Gasteiger partial charge >= 0.3 is 0 Å². The van der Waals surface area contributed by atoms with Crippen LogP contribution in [-0.2, 0) is 18.6 Å². The summed E-state index contributed by atoms with van der Waals surface area (Å²) in [6.45, 7) is 0. The van der Waals surface area contributed by atoms with Crippen molar-refractivity contribution in [2.75, 3.05) is 12.4 Å². The van der Waals surface area contributed by atoms with Crippen molar-refractivity contribution < 1.29 is 17.9 Å². The number of nitrogens with one attached hydrogen (secondary N) is 1. The van der Waals surface area contributed by atoms with Gasteiger partial charge in [0, 0.05) is 23.5 Å². The lowest BCUT2D eigenvalue weighted by atomic mass is 9.77. The van der Waals surface area contributed by atoms with Crippen molar-refractivity contribution in [1.29, 1.82) is 0 Å². The Labute approximate surface area is 133 Å². The van der Waals surface area contributed by atoms with E-state index in [9.17, 15) is 13.2 Å². The fourth-order valence-electron chi connectivity index (χ4n) is 2.30. The van der Waals surface area contributed by atoms with Gasteiger partial charge in [-0.05, 0) is 37.5 Å². The third-order valence-corrected chi connectivity index (χ3v) is 5.46. The molecule has 0 unspecified atom stereocenters. The minimum atomic E-state index is -3.90. The van der Waals surface area contributed by atoms with E-state index < -0.39 is 9.05 Å². The van der Waals surface area contributed by atoms with E-state index in [1.807, 2.05) is 0 Å². The van der Waals surface area contributed by atoms with Gasteiger partial charge in [-0.1, -0.05) is 11.6 Å². The summed E-state index contributed by atoms with van der Waals surface area (Å²) < 4.78 is 27.9. The van der Waals surface area contributed by atoms with E-state index in [2.05, 4.69) is 5.32 Å². The third kappa shape index (κ3) is 3.88. The molecule has 0 heterocycles. The first kappa shape index (κ1) is 16.5. The second-order valence-corrected chi connectivity index (χ2v) is 7.99. The Morgan fingerprint density at radius 3 is 2.52 bits per heavy atom. The van der Waals surface area contributed by atoms with Crippen LogP contribution in [0.25, 0.3) is 0 Å². The average molecular weight is 352 g/mol. The molecule has 0 bridgehead atoms. The van der Waals surface area contributed by atoms with Crippen LogP contribution in [0.4, 0.5) is 5.69 Å². The van der Waals surface area contributed by atoms with Crippen LogP contribution in [-0.4, -0.2) is 27.0 Å². The standard InChI is InChI=1S/C13H15Cl2NO4S/c1-20-13(5-2-6-13)8-12(17)16-9-3-4-11(10(14)7-9)21(15,18)19/h3-4,7H,2,5-6,8H2,1H3,(H,16,17). The van der Waals surface area contributed by atoms with Crippen molar-refractivity contribution in [3.8, 4) is 0 Å². The van der Waals surface area contributed by atoms with E-state index in [-0.39, 0.29) is 27.8 Å².